The summed E-state index contributed by atoms with van der Waals surface area (Å²) in [4.78, 5) is 43.1. The summed E-state index contributed by atoms with van der Waals surface area (Å²) < 4.78 is 57.5. The van der Waals surface area contributed by atoms with Crippen LogP contribution in [-0.4, -0.2) is 84.8 Å². The second-order valence-electron chi connectivity index (χ2n) is 11.9. The molecule has 5 aromatic rings. The van der Waals surface area contributed by atoms with E-state index in [9.17, 15) is 22.4 Å². The fourth-order valence-electron chi connectivity index (χ4n) is 7.00. The molecule has 0 aliphatic carbocycles. The molecule has 0 saturated carbocycles. The lowest BCUT2D eigenvalue weighted by molar-refractivity contribution is 0.0980. The Bertz CT molecular complexity index is 2250. The van der Waals surface area contributed by atoms with Crippen molar-refractivity contribution in [2.75, 3.05) is 50.2 Å². The molecule has 0 spiro atoms. The number of nitrogens with zero attached hydrogens (tertiary/aromatic N) is 5. The Morgan fingerprint density at radius 2 is 1.89 bits per heavy atom. The molecule has 0 radical (unpaired) electrons. The van der Waals surface area contributed by atoms with Gasteiger partial charge in [-0.25, -0.2) is 31.9 Å². The van der Waals surface area contributed by atoms with E-state index in [4.69, 9.17) is 0 Å². The van der Waals surface area contributed by atoms with Crippen molar-refractivity contribution in [3.63, 3.8) is 0 Å². The Hall–Kier alpha value is -4.63. The number of halogens is 2. The maximum atomic E-state index is 15.7. The first-order valence-electron chi connectivity index (χ1n) is 14.3. The molecule has 1 amide bonds. The summed E-state index contributed by atoms with van der Waals surface area (Å²) in [5.74, 6) is -2.68. The van der Waals surface area contributed by atoms with E-state index in [0.29, 0.717) is 51.5 Å². The number of carbonyl (C=O) groups excluding carboxylic acids is 1. The standard InChI is InChI=1S/C30H30F2N8O4S/c1-33-20-8-19(31)24(32)22-23-26(40-6-5-14-11-38(2)13-21(14)40)17(10-34-28(23)36-25(20)22)15-7-16-27(41)18(30(42)37-45(4,43)44)12-39(3)29(16)35-9-15/h7-10,12,14,21,33H,5-6,11,13H2,1-4H3,(H,34,36)(H,37,42)/t14?,21-/m1/s1. The van der Waals surface area contributed by atoms with Gasteiger partial charge in [-0.3, -0.25) is 9.59 Å². The number of rotatable bonds is 5. The van der Waals surface area contributed by atoms with Gasteiger partial charge in [0.05, 0.1) is 39.3 Å². The number of pyridine rings is 3. The predicted molar refractivity (Wildman–Crippen MR) is 168 cm³/mol. The van der Waals surface area contributed by atoms with Gasteiger partial charge in [0.2, 0.25) is 15.5 Å². The van der Waals surface area contributed by atoms with Gasteiger partial charge in [0.25, 0.3) is 5.91 Å². The maximum Gasteiger partial charge on any atom is 0.270 e. The zero-order valence-electron chi connectivity index (χ0n) is 24.9. The van der Waals surface area contributed by atoms with E-state index >= 15 is 4.39 Å². The van der Waals surface area contributed by atoms with E-state index in [1.54, 1.807) is 32.6 Å². The molecule has 234 valence electrons. The number of aromatic amines is 1. The van der Waals surface area contributed by atoms with Crippen LogP contribution in [0.5, 0.6) is 0 Å². The second kappa shape index (κ2) is 10.2. The molecule has 1 unspecified atom stereocenters. The largest absolute Gasteiger partial charge is 0.386 e. The Labute approximate surface area is 256 Å². The number of H-pyrrole nitrogens is 1. The molecular formula is C30H30F2N8O4S. The minimum Gasteiger partial charge on any atom is -0.386 e. The summed E-state index contributed by atoms with van der Waals surface area (Å²) in [5, 5.41) is 3.50. The smallest absolute Gasteiger partial charge is 0.270 e. The molecule has 2 fully saturated rings. The Morgan fingerprint density at radius 3 is 2.62 bits per heavy atom. The number of hydrogen-bond donors (Lipinski definition) is 3. The molecule has 2 saturated heterocycles. The second-order valence-corrected chi connectivity index (χ2v) is 13.6. The number of likely N-dealkylation sites (N-methyl/N-ethyl adjacent to an activating group) is 1. The van der Waals surface area contributed by atoms with Crippen LogP contribution in [-0.2, 0) is 17.1 Å². The lowest BCUT2D eigenvalue weighted by Gasteiger charge is -2.29. The van der Waals surface area contributed by atoms with Crippen LogP contribution in [0.3, 0.4) is 0 Å². The van der Waals surface area contributed by atoms with E-state index in [-0.39, 0.29) is 28.0 Å². The lowest BCUT2D eigenvalue weighted by atomic mass is 9.99. The average Bonchev–Trinajstić information content (AvgIpc) is 3.67. The highest BCUT2D eigenvalue weighted by molar-refractivity contribution is 7.89. The third-order valence-electron chi connectivity index (χ3n) is 8.90. The Kier molecular flexibility index (Phi) is 6.60. The fourth-order valence-corrected chi connectivity index (χ4v) is 7.44. The van der Waals surface area contributed by atoms with E-state index in [1.807, 2.05) is 4.72 Å². The van der Waals surface area contributed by atoms with E-state index in [2.05, 4.69) is 37.1 Å². The number of likely N-dealkylation sites (tertiary alicyclic amines) is 1. The summed E-state index contributed by atoms with van der Waals surface area (Å²) in [6.45, 7) is 2.37. The summed E-state index contributed by atoms with van der Waals surface area (Å²) >= 11 is 0. The average molecular weight is 637 g/mol. The highest BCUT2D eigenvalue weighted by Crippen LogP contribution is 2.46. The molecule has 2 atom stereocenters. The van der Waals surface area contributed by atoms with Gasteiger partial charge in [0, 0.05) is 75.6 Å². The van der Waals surface area contributed by atoms with Crippen LogP contribution in [0, 0.1) is 17.6 Å². The van der Waals surface area contributed by atoms with Gasteiger partial charge in [-0.05, 0) is 25.5 Å². The zero-order chi connectivity index (χ0) is 31.9. The molecular weight excluding hydrogens is 606 g/mol. The molecule has 4 aromatic heterocycles. The molecule has 3 N–H and O–H groups in total. The number of sulfonamides is 1. The van der Waals surface area contributed by atoms with E-state index in [1.165, 1.54) is 10.8 Å². The summed E-state index contributed by atoms with van der Waals surface area (Å²) in [6.07, 6.45) is 6.17. The molecule has 6 heterocycles. The molecule has 1 aromatic carbocycles. The molecule has 7 rings (SSSR count). The van der Waals surface area contributed by atoms with Gasteiger partial charge in [-0.15, -0.1) is 0 Å². The first-order valence-corrected chi connectivity index (χ1v) is 16.2. The van der Waals surface area contributed by atoms with Crippen LogP contribution < -0.4 is 20.4 Å². The topological polar surface area (TPSA) is 145 Å². The number of amides is 1. The van der Waals surface area contributed by atoms with Crippen molar-refractivity contribution in [1.82, 2.24) is 29.1 Å². The molecule has 0 bridgehead atoms. The third-order valence-corrected chi connectivity index (χ3v) is 9.45. The maximum absolute atomic E-state index is 15.7. The Morgan fingerprint density at radius 1 is 1.11 bits per heavy atom. The van der Waals surface area contributed by atoms with E-state index in [0.717, 1.165) is 31.8 Å². The number of nitrogens with one attached hydrogen (secondary N) is 3. The number of benzene rings is 1. The molecule has 45 heavy (non-hydrogen) atoms. The van der Waals surface area contributed by atoms with Crippen LogP contribution in [0.25, 0.3) is 44.1 Å². The van der Waals surface area contributed by atoms with Gasteiger partial charge in [-0.1, -0.05) is 0 Å². The number of aryl methyl sites for hydroxylation is 1. The first kappa shape index (κ1) is 29.1. The predicted octanol–water partition coefficient (Wildman–Crippen LogP) is 2.78. The summed E-state index contributed by atoms with van der Waals surface area (Å²) in [6, 6.07) is 2.79. The lowest BCUT2D eigenvalue weighted by Crippen LogP contribution is -2.35. The monoisotopic (exact) mass is 636 g/mol. The van der Waals surface area contributed by atoms with Gasteiger partial charge < -0.3 is 24.7 Å². The number of aromatic nitrogens is 4. The van der Waals surface area contributed by atoms with Crippen molar-refractivity contribution in [2.45, 2.75) is 12.5 Å². The van der Waals surface area contributed by atoms with Crippen molar-refractivity contribution in [2.24, 2.45) is 13.0 Å². The van der Waals surface area contributed by atoms with Crippen LogP contribution in [0.4, 0.5) is 20.2 Å². The van der Waals surface area contributed by atoms with Gasteiger partial charge in [0.1, 0.15) is 16.9 Å². The van der Waals surface area contributed by atoms with Crippen molar-refractivity contribution in [3.05, 3.63) is 58.1 Å². The first-order chi connectivity index (χ1) is 21.4. The quantitative estimate of drug-likeness (QED) is 0.265. The van der Waals surface area contributed by atoms with Crippen LogP contribution in [0.2, 0.25) is 0 Å². The number of anilines is 2. The summed E-state index contributed by atoms with van der Waals surface area (Å²) in [5.41, 5.74) is 2.00. The van der Waals surface area contributed by atoms with Crippen molar-refractivity contribution >= 4 is 60.3 Å². The van der Waals surface area contributed by atoms with Crippen LogP contribution in [0.15, 0.2) is 35.5 Å². The molecule has 2 aliphatic heterocycles. The minimum atomic E-state index is -3.92. The number of hydrogen-bond acceptors (Lipinski definition) is 9. The van der Waals surface area contributed by atoms with Gasteiger partial charge in [-0.2, -0.15) is 0 Å². The molecule has 15 heteroatoms. The minimum absolute atomic E-state index is 0.0675. The van der Waals surface area contributed by atoms with Crippen molar-refractivity contribution in [1.29, 1.82) is 0 Å². The zero-order valence-corrected chi connectivity index (χ0v) is 25.7. The fraction of sp³-hybridized carbons (Fsp3) is 0.333. The number of fused-ring (bicyclic) bond motifs is 5. The SMILES string of the molecule is CNc1cc(F)c(F)c2c1[nH]c1ncc(-c3cnc4c(c3)c(=O)c(C(=O)NS(C)(=O)=O)cn4C)c(N3CCC4CN(C)C[C@H]43)c12. The molecule has 2 aliphatic rings. The summed E-state index contributed by atoms with van der Waals surface area (Å²) in [7, 11) is 1.35. The molecule has 12 nitrogen and oxygen atoms in total. The van der Waals surface area contributed by atoms with Gasteiger partial charge in [0.15, 0.2) is 11.6 Å². The normalized spacial score (nSPS) is 18.8. The highest BCUT2D eigenvalue weighted by Gasteiger charge is 2.42. The van der Waals surface area contributed by atoms with Crippen LogP contribution >= 0.6 is 0 Å². The Balaban J connectivity index is 1.52. The van der Waals surface area contributed by atoms with E-state index < -0.39 is 33.0 Å². The van der Waals surface area contributed by atoms with Crippen LogP contribution in [0.1, 0.15) is 16.8 Å². The highest BCUT2D eigenvalue weighted by atomic mass is 32.2. The van der Waals surface area contributed by atoms with Crippen molar-refractivity contribution < 1.29 is 22.0 Å². The van der Waals surface area contributed by atoms with Crippen molar-refractivity contribution in [3.8, 4) is 11.1 Å². The van der Waals surface area contributed by atoms with Gasteiger partial charge >= 0.3 is 0 Å². The third kappa shape index (κ3) is 4.60. The number of carbonyl (C=O) groups is 1.